The molecule has 2 aromatic carbocycles. The number of ether oxygens (including phenoxy) is 1. The second-order valence-electron chi connectivity index (χ2n) is 4.95. The lowest BCUT2D eigenvalue weighted by atomic mass is 10.1. The van der Waals surface area contributed by atoms with Gasteiger partial charge in [-0.15, -0.1) is 0 Å². The molecule has 0 radical (unpaired) electrons. The number of carbonyl (C=O) groups excluding carboxylic acids is 2. The summed E-state index contributed by atoms with van der Waals surface area (Å²) in [6.45, 7) is 1.54. The van der Waals surface area contributed by atoms with Crippen LogP contribution in [0.15, 0.2) is 54.6 Å². The predicted molar refractivity (Wildman–Crippen MR) is 81.0 cm³/mol. The first-order chi connectivity index (χ1) is 10.6. The van der Waals surface area contributed by atoms with Crippen LogP contribution in [0.2, 0.25) is 0 Å². The Labute approximate surface area is 128 Å². The van der Waals surface area contributed by atoms with Crippen LogP contribution in [-0.4, -0.2) is 17.9 Å². The SMILES string of the molecule is CC(OC(=O)CCc1ccccc1F)C(=O)c1ccccc1. The summed E-state index contributed by atoms with van der Waals surface area (Å²) in [6.07, 6.45) is -0.569. The molecule has 0 aliphatic carbocycles. The summed E-state index contributed by atoms with van der Waals surface area (Å²) >= 11 is 0. The van der Waals surface area contributed by atoms with Gasteiger partial charge in [0.25, 0.3) is 0 Å². The highest BCUT2D eigenvalue weighted by Gasteiger charge is 2.19. The Balaban J connectivity index is 1.87. The van der Waals surface area contributed by atoms with Crippen molar-refractivity contribution >= 4 is 11.8 Å². The van der Waals surface area contributed by atoms with Crippen molar-refractivity contribution in [2.45, 2.75) is 25.9 Å². The quantitative estimate of drug-likeness (QED) is 0.605. The fourth-order valence-corrected chi connectivity index (χ4v) is 2.08. The number of ketones is 1. The third kappa shape index (κ3) is 4.25. The number of hydrogen-bond donors (Lipinski definition) is 0. The zero-order valence-electron chi connectivity index (χ0n) is 12.3. The van der Waals surface area contributed by atoms with Crippen LogP contribution in [0.3, 0.4) is 0 Å². The van der Waals surface area contributed by atoms with Crippen molar-refractivity contribution in [1.82, 2.24) is 0 Å². The number of carbonyl (C=O) groups is 2. The van der Waals surface area contributed by atoms with Crippen molar-refractivity contribution in [3.63, 3.8) is 0 Å². The van der Waals surface area contributed by atoms with Crippen LogP contribution in [0.25, 0.3) is 0 Å². The fraction of sp³-hybridized carbons (Fsp3) is 0.222. The Kier molecular flexibility index (Phi) is 5.42. The van der Waals surface area contributed by atoms with Crippen molar-refractivity contribution in [3.05, 3.63) is 71.5 Å². The van der Waals surface area contributed by atoms with Crippen molar-refractivity contribution in [2.75, 3.05) is 0 Å². The van der Waals surface area contributed by atoms with E-state index in [-0.39, 0.29) is 24.4 Å². The monoisotopic (exact) mass is 300 g/mol. The van der Waals surface area contributed by atoms with Crippen molar-refractivity contribution < 1.29 is 18.7 Å². The minimum absolute atomic E-state index is 0.0351. The van der Waals surface area contributed by atoms with Gasteiger partial charge in [-0.3, -0.25) is 9.59 Å². The third-order valence-electron chi connectivity index (χ3n) is 3.29. The lowest BCUT2D eigenvalue weighted by Crippen LogP contribution is -2.24. The van der Waals surface area contributed by atoms with Gasteiger partial charge in [0.15, 0.2) is 6.10 Å². The molecule has 0 bridgehead atoms. The number of aryl methyl sites for hydroxylation is 1. The smallest absolute Gasteiger partial charge is 0.306 e. The third-order valence-corrected chi connectivity index (χ3v) is 3.29. The zero-order valence-corrected chi connectivity index (χ0v) is 12.3. The Morgan fingerprint density at radius 3 is 2.36 bits per heavy atom. The van der Waals surface area contributed by atoms with E-state index in [1.165, 1.54) is 13.0 Å². The highest BCUT2D eigenvalue weighted by molar-refractivity contribution is 6.00. The molecular weight excluding hydrogens is 283 g/mol. The maximum Gasteiger partial charge on any atom is 0.306 e. The average molecular weight is 300 g/mol. The molecule has 0 heterocycles. The Morgan fingerprint density at radius 2 is 1.68 bits per heavy atom. The molecule has 0 saturated carbocycles. The molecule has 114 valence electrons. The topological polar surface area (TPSA) is 43.4 Å². The molecule has 0 saturated heterocycles. The molecule has 0 amide bonds. The number of rotatable bonds is 6. The van der Waals surface area contributed by atoms with Crippen molar-refractivity contribution in [2.24, 2.45) is 0 Å². The molecule has 4 heteroatoms. The molecule has 0 aliphatic rings. The predicted octanol–water partition coefficient (Wildman–Crippen LogP) is 3.57. The van der Waals surface area contributed by atoms with Gasteiger partial charge in [0.2, 0.25) is 5.78 Å². The van der Waals surface area contributed by atoms with Gasteiger partial charge in [0.1, 0.15) is 5.82 Å². The van der Waals surface area contributed by atoms with Crippen molar-refractivity contribution in [1.29, 1.82) is 0 Å². The van der Waals surface area contributed by atoms with Gasteiger partial charge in [-0.25, -0.2) is 4.39 Å². The number of esters is 1. The van der Waals surface area contributed by atoms with E-state index in [1.54, 1.807) is 42.5 Å². The summed E-state index contributed by atoms with van der Waals surface area (Å²) in [7, 11) is 0. The zero-order chi connectivity index (χ0) is 15.9. The summed E-state index contributed by atoms with van der Waals surface area (Å²) in [5.74, 6) is -1.11. The normalized spacial score (nSPS) is 11.7. The van der Waals surface area contributed by atoms with E-state index in [4.69, 9.17) is 4.74 Å². The molecule has 2 rings (SSSR count). The van der Waals surface area contributed by atoms with Crippen LogP contribution in [0.5, 0.6) is 0 Å². The largest absolute Gasteiger partial charge is 0.454 e. The maximum atomic E-state index is 13.4. The summed E-state index contributed by atoms with van der Waals surface area (Å²) in [6, 6.07) is 14.9. The van der Waals surface area contributed by atoms with Crippen LogP contribution in [0.1, 0.15) is 29.3 Å². The summed E-state index contributed by atoms with van der Waals surface area (Å²) < 4.78 is 18.6. The van der Waals surface area contributed by atoms with Crippen LogP contribution in [0.4, 0.5) is 4.39 Å². The van der Waals surface area contributed by atoms with Crippen LogP contribution in [-0.2, 0) is 16.0 Å². The van der Waals surface area contributed by atoms with E-state index in [9.17, 15) is 14.0 Å². The first-order valence-electron chi connectivity index (χ1n) is 7.10. The average Bonchev–Trinajstić information content (AvgIpc) is 2.54. The second kappa shape index (κ2) is 7.50. The van der Waals surface area contributed by atoms with E-state index in [0.717, 1.165) is 0 Å². The lowest BCUT2D eigenvalue weighted by molar-refractivity contribution is -0.146. The van der Waals surface area contributed by atoms with Crippen LogP contribution >= 0.6 is 0 Å². The maximum absolute atomic E-state index is 13.4. The highest BCUT2D eigenvalue weighted by atomic mass is 19.1. The van der Waals surface area contributed by atoms with Crippen LogP contribution < -0.4 is 0 Å². The van der Waals surface area contributed by atoms with Gasteiger partial charge in [-0.2, -0.15) is 0 Å². The number of Topliss-reactive ketones (excluding diaryl/α,β-unsaturated/α-hetero) is 1. The van der Waals surface area contributed by atoms with Gasteiger partial charge in [0, 0.05) is 12.0 Å². The fourth-order valence-electron chi connectivity index (χ4n) is 2.08. The van der Waals surface area contributed by atoms with Gasteiger partial charge < -0.3 is 4.74 Å². The molecule has 0 N–H and O–H groups in total. The molecule has 1 atom stereocenters. The standard InChI is InChI=1S/C18H17FO3/c1-13(18(21)15-8-3-2-4-9-15)22-17(20)12-11-14-7-5-6-10-16(14)19/h2-10,13H,11-12H2,1H3. The molecule has 0 aliphatic heterocycles. The van der Waals surface area contributed by atoms with Crippen LogP contribution in [0, 0.1) is 5.82 Å². The Morgan fingerprint density at radius 1 is 1.05 bits per heavy atom. The van der Waals surface area contributed by atoms with Gasteiger partial charge in [-0.05, 0) is 25.0 Å². The molecule has 22 heavy (non-hydrogen) atoms. The molecular formula is C18H17FO3. The first-order valence-corrected chi connectivity index (χ1v) is 7.10. The van der Waals surface area contributed by atoms with Gasteiger partial charge in [-0.1, -0.05) is 48.5 Å². The summed E-state index contributed by atoms with van der Waals surface area (Å²) in [4.78, 5) is 23.8. The number of hydrogen-bond acceptors (Lipinski definition) is 3. The molecule has 3 nitrogen and oxygen atoms in total. The summed E-state index contributed by atoms with van der Waals surface area (Å²) in [5, 5.41) is 0. The first kappa shape index (κ1) is 15.9. The number of benzene rings is 2. The van der Waals surface area contributed by atoms with Gasteiger partial charge in [0.05, 0.1) is 0 Å². The van der Waals surface area contributed by atoms with Crippen molar-refractivity contribution in [3.8, 4) is 0 Å². The lowest BCUT2D eigenvalue weighted by Gasteiger charge is -2.12. The van der Waals surface area contributed by atoms with E-state index < -0.39 is 12.1 Å². The Bertz CT molecular complexity index is 652. The highest BCUT2D eigenvalue weighted by Crippen LogP contribution is 2.11. The van der Waals surface area contributed by atoms with E-state index in [0.29, 0.717) is 11.1 Å². The molecule has 0 aromatic heterocycles. The number of halogens is 1. The van der Waals surface area contributed by atoms with E-state index in [2.05, 4.69) is 0 Å². The van der Waals surface area contributed by atoms with Gasteiger partial charge >= 0.3 is 5.97 Å². The van der Waals surface area contributed by atoms with E-state index in [1.807, 2.05) is 6.07 Å². The second-order valence-corrected chi connectivity index (χ2v) is 4.95. The minimum Gasteiger partial charge on any atom is -0.454 e. The Hall–Kier alpha value is -2.49. The molecule has 1 unspecified atom stereocenters. The molecule has 0 fully saturated rings. The summed E-state index contributed by atoms with van der Waals surface area (Å²) in [5.41, 5.74) is 0.957. The molecule has 0 spiro atoms. The minimum atomic E-state index is -0.851. The van der Waals surface area contributed by atoms with E-state index >= 15 is 0 Å². The molecule has 2 aromatic rings.